The van der Waals surface area contributed by atoms with E-state index in [4.69, 9.17) is 0 Å². The minimum absolute atomic E-state index is 0.0377. The number of hydrogen-bond donors (Lipinski definition) is 2. The van der Waals surface area contributed by atoms with Crippen molar-refractivity contribution in [2.24, 2.45) is 5.92 Å². The smallest absolute Gasteiger partial charge is 0.256 e. The third kappa shape index (κ3) is 3.78. The van der Waals surface area contributed by atoms with E-state index < -0.39 is 11.7 Å². The number of amides is 2. The lowest BCUT2D eigenvalue weighted by molar-refractivity contribution is -0.120. The molecule has 0 aliphatic carbocycles. The van der Waals surface area contributed by atoms with Crippen LogP contribution in [0.2, 0.25) is 0 Å². The quantitative estimate of drug-likeness (QED) is 0.887. The molecule has 0 radical (unpaired) electrons. The first-order valence-electron chi connectivity index (χ1n) is 7.02. The zero-order valence-electron chi connectivity index (χ0n) is 12.3. The molecule has 1 heterocycles. The number of hydrogen-bond acceptors (Lipinski definition) is 3. The molecule has 1 saturated heterocycles. The molecule has 0 spiro atoms. The maximum atomic E-state index is 13.7. The van der Waals surface area contributed by atoms with E-state index >= 15 is 0 Å². The fraction of sp³-hybridized carbons (Fsp3) is 0.467. The number of carbonyl (C=O) groups excluding carboxylic acids is 2. The molecule has 21 heavy (non-hydrogen) atoms. The van der Waals surface area contributed by atoms with Gasteiger partial charge in [0, 0.05) is 25.7 Å². The molecule has 0 aromatic heterocycles. The van der Waals surface area contributed by atoms with Crippen molar-refractivity contribution in [1.82, 2.24) is 10.2 Å². The number of nitrogens with zero attached hydrogens (tertiary/aromatic N) is 1. The number of nitrogens with one attached hydrogen (secondary N) is 2. The summed E-state index contributed by atoms with van der Waals surface area (Å²) in [6.45, 7) is 1.65. The first-order valence-corrected chi connectivity index (χ1v) is 7.02. The van der Waals surface area contributed by atoms with Gasteiger partial charge in [-0.15, -0.1) is 0 Å². The Morgan fingerprint density at radius 1 is 1.29 bits per heavy atom. The highest BCUT2D eigenvalue weighted by atomic mass is 19.1. The summed E-state index contributed by atoms with van der Waals surface area (Å²) in [7, 11) is 3.12. The van der Waals surface area contributed by atoms with E-state index in [0.717, 1.165) is 25.9 Å². The van der Waals surface area contributed by atoms with E-state index in [-0.39, 0.29) is 17.4 Å². The van der Waals surface area contributed by atoms with Gasteiger partial charge >= 0.3 is 0 Å². The van der Waals surface area contributed by atoms with Crippen LogP contribution in [0.3, 0.4) is 0 Å². The van der Waals surface area contributed by atoms with Crippen molar-refractivity contribution in [3.05, 3.63) is 29.6 Å². The number of piperidine rings is 1. The lowest BCUT2D eigenvalue weighted by atomic mass is 9.97. The molecule has 2 rings (SSSR count). The van der Waals surface area contributed by atoms with Crippen molar-refractivity contribution in [2.75, 3.05) is 32.5 Å². The monoisotopic (exact) mass is 293 g/mol. The molecule has 2 amide bonds. The van der Waals surface area contributed by atoms with Crippen LogP contribution in [0, 0.1) is 11.7 Å². The van der Waals surface area contributed by atoms with Gasteiger partial charge in [0.05, 0.1) is 5.56 Å². The lowest BCUT2D eigenvalue weighted by Crippen LogP contribution is -2.34. The summed E-state index contributed by atoms with van der Waals surface area (Å²) < 4.78 is 13.7. The molecule has 1 aliphatic heterocycles. The fourth-order valence-corrected chi connectivity index (χ4v) is 2.34. The van der Waals surface area contributed by atoms with Crippen LogP contribution in [0.25, 0.3) is 0 Å². The predicted octanol–water partition coefficient (Wildman–Crippen LogP) is 1.47. The second-order valence-corrected chi connectivity index (χ2v) is 5.41. The van der Waals surface area contributed by atoms with Gasteiger partial charge in [0.15, 0.2) is 0 Å². The second-order valence-electron chi connectivity index (χ2n) is 5.41. The van der Waals surface area contributed by atoms with Gasteiger partial charge < -0.3 is 15.5 Å². The molecule has 6 heteroatoms. The van der Waals surface area contributed by atoms with Gasteiger partial charge in [-0.25, -0.2) is 4.39 Å². The van der Waals surface area contributed by atoms with E-state index in [2.05, 4.69) is 10.6 Å². The first-order chi connectivity index (χ1) is 9.99. The first kappa shape index (κ1) is 15.4. The summed E-state index contributed by atoms with van der Waals surface area (Å²) in [4.78, 5) is 25.3. The summed E-state index contributed by atoms with van der Waals surface area (Å²) in [6, 6.07) is 4.06. The van der Waals surface area contributed by atoms with Crippen molar-refractivity contribution in [1.29, 1.82) is 0 Å². The van der Waals surface area contributed by atoms with Gasteiger partial charge in [0.25, 0.3) is 5.91 Å². The zero-order chi connectivity index (χ0) is 15.4. The van der Waals surface area contributed by atoms with Gasteiger partial charge in [-0.1, -0.05) is 0 Å². The van der Waals surface area contributed by atoms with Crippen LogP contribution in [0.15, 0.2) is 18.2 Å². The highest BCUT2D eigenvalue weighted by Gasteiger charge is 2.21. The van der Waals surface area contributed by atoms with Crippen LogP contribution in [-0.2, 0) is 4.79 Å². The predicted molar refractivity (Wildman–Crippen MR) is 78.6 cm³/mol. The Labute approximate surface area is 123 Å². The van der Waals surface area contributed by atoms with Crippen molar-refractivity contribution < 1.29 is 14.0 Å². The number of halogens is 1. The molecular formula is C15H20FN3O2. The van der Waals surface area contributed by atoms with E-state index in [1.807, 2.05) is 0 Å². The Morgan fingerprint density at radius 3 is 2.57 bits per heavy atom. The maximum absolute atomic E-state index is 13.7. The molecule has 5 nitrogen and oxygen atoms in total. The summed E-state index contributed by atoms with van der Waals surface area (Å²) in [5.41, 5.74) is 0.410. The average molecular weight is 293 g/mol. The molecule has 114 valence electrons. The van der Waals surface area contributed by atoms with Crippen molar-refractivity contribution in [3.63, 3.8) is 0 Å². The summed E-state index contributed by atoms with van der Waals surface area (Å²) in [6.07, 6.45) is 1.58. The fourth-order valence-electron chi connectivity index (χ4n) is 2.34. The van der Waals surface area contributed by atoms with E-state index in [0.29, 0.717) is 5.69 Å². The Bertz CT molecular complexity index is 540. The molecule has 1 aliphatic rings. The number of carbonyl (C=O) groups is 2. The van der Waals surface area contributed by atoms with Crippen LogP contribution in [-0.4, -0.2) is 43.9 Å². The van der Waals surface area contributed by atoms with E-state index in [1.54, 1.807) is 14.1 Å². The molecule has 1 aromatic carbocycles. The Kier molecular flexibility index (Phi) is 4.90. The van der Waals surface area contributed by atoms with Crippen molar-refractivity contribution in [2.45, 2.75) is 12.8 Å². The minimum Gasteiger partial charge on any atom is -0.345 e. The third-order valence-corrected chi connectivity index (χ3v) is 3.58. The van der Waals surface area contributed by atoms with E-state index in [9.17, 15) is 14.0 Å². The van der Waals surface area contributed by atoms with E-state index in [1.165, 1.54) is 23.1 Å². The molecule has 0 bridgehead atoms. The second kappa shape index (κ2) is 6.67. The summed E-state index contributed by atoms with van der Waals surface area (Å²) in [5.74, 6) is -1.13. The molecular weight excluding hydrogens is 273 g/mol. The molecule has 2 N–H and O–H groups in total. The Morgan fingerprint density at radius 2 is 1.95 bits per heavy atom. The largest absolute Gasteiger partial charge is 0.345 e. The van der Waals surface area contributed by atoms with Crippen LogP contribution in [0.5, 0.6) is 0 Å². The summed E-state index contributed by atoms with van der Waals surface area (Å²) >= 11 is 0. The lowest BCUT2D eigenvalue weighted by Gasteiger charge is -2.22. The topological polar surface area (TPSA) is 61.4 Å². The van der Waals surface area contributed by atoms with Gasteiger partial charge in [0.1, 0.15) is 5.82 Å². The van der Waals surface area contributed by atoms with Crippen LogP contribution < -0.4 is 10.6 Å². The SMILES string of the molecule is CN(C)C(=O)c1cc(NC(=O)C2CCNCC2)ccc1F. The number of anilines is 1. The molecule has 1 aromatic rings. The zero-order valence-corrected chi connectivity index (χ0v) is 12.3. The van der Waals surface area contributed by atoms with Crippen LogP contribution in [0.1, 0.15) is 23.2 Å². The van der Waals surface area contributed by atoms with Crippen LogP contribution in [0.4, 0.5) is 10.1 Å². The number of rotatable bonds is 3. The highest BCUT2D eigenvalue weighted by molar-refractivity contribution is 5.97. The average Bonchev–Trinajstić information content (AvgIpc) is 2.49. The standard InChI is InChI=1S/C15H20FN3O2/c1-19(2)15(21)12-9-11(3-4-13(12)16)18-14(20)10-5-7-17-8-6-10/h3-4,9-10,17H,5-8H2,1-2H3,(H,18,20). The van der Waals surface area contributed by atoms with Crippen molar-refractivity contribution >= 4 is 17.5 Å². The van der Waals surface area contributed by atoms with Gasteiger partial charge in [-0.05, 0) is 44.1 Å². The Balaban J connectivity index is 2.11. The van der Waals surface area contributed by atoms with Gasteiger partial charge in [-0.2, -0.15) is 0 Å². The Hall–Kier alpha value is -1.95. The molecule has 1 fully saturated rings. The number of benzene rings is 1. The molecule has 0 saturated carbocycles. The highest BCUT2D eigenvalue weighted by Crippen LogP contribution is 2.19. The minimum atomic E-state index is -0.589. The van der Waals surface area contributed by atoms with Gasteiger partial charge in [-0.3, -0.25) is 9.59 Å². The van der Waals surface area contributed by atoms with Crippen LogP contribution >= 0.6 is 0 Å². The summed E-state index contributed by atoms with van der Waals surface area (Å²) in [5, 5.41) is 5.97. The molecule has 0 atom stereocenters. The van der Waals surface area contributed by atoms with Gasteiger partial charge in [0.2, 0.25) is 5.91 Å². The molecule has 0 unspecified atom stereocenters. The van der Waals surface area contributed by atoms with Crippen molar-refractivity contribution in [3.8, 4) is 0 Å². The third-order valence-electron chi connectivity index (χ3n) is 3.58. The normalized spacial score (nSPS) is 15.6. The maximum Gasteiger partial charge on any atom is 0.256 e.